The average molecular weight is 699 g/mol. The summed E-state index contributed by atoms with van der Waals surface area (Å²) in [7, 11) is 0. The largest absolute Gasteiger partial charge is 0.490 e. The standard InChI is InChI=1S/C29H34BrCl2N5O6/c1-6-12-41-20-10-8-19(9-11-20)23(37-42-7-2)15-24(38)35-27(36-28(40)43-29(3,4)5)33-17-18-13-21(31)26(22(32)14-18)34-25(39)16-30/h6,8-11,13-14H,1,7,12,15-17H2,2-5H3,(H,34,39)(H2,33,35,36,38,40). The highest BCUT2D eigenvalue weighted by Crippen LogP contribution is 2.32. The Labute approximate surface area is 269 Å². The minimum Gasteiger partial charge on any atom is -0.490 e. The van der Waals surface area contributed by atoms with E-state index in [1.54, 1.807) is 70.2 Å². The third-order valence-corrected chi connectivity index (χ3v) is 6.08. The summed E-state index contributed by atoms with van der Waals surface area (Å²) in [5, 5.41) is 12.2. The number of alkyl halides is 1. The molecule has 2 aromatic carbocycles. The summed E-state index contributed by atoms with van der Waals surface area (Å²) < 4.78 is 10.8. The van der Waals surface area contributed by atoms with Crippen molar-refractivity contribution in [2.75, 3.05) is 23.9 Å². The second-order valence-electron chi connectivity index (χ2n) is 9.71. The number of carbonyl (C=O) groups excluding carboxylic acids is 3. The summed E-state index contributed by atoms with van der Waals surface area (Å²) in [4.78, 5) is 47.0. The highest BCUT2D eigenvalue weighted by Gasteiger charge is 2.20. The van der Waals surface area contributed by atoms with E-state index in [0.717, 1.165) is 0 Å². The molecule has 0 saturated heterocycles. The number of carbonyl (C=O) groups is 3. The van der Waals surface area contributed by atoms with Crippen molar-refractivity contribution in [1.29, 1.82) is 0 Å². The lowest BCUT2D eigenvalue weighted by Crippen LogP contribution is -2.46. The molecule has 0 fully saturated rings. The molecule has 2 aromatic rings. The summed E-state index contributed by atoms with van der Waals surface area (Å²) in [5.74, 6) is -0.417. The molecule has 0 unspecified atom stereocenters. The number of nitrogens with one attached hydrogen (secondary N) is 3. The summed E-state index contributed by atoms with van der Waals surface area (Å²) in [5.41, 5.74) is 0.967. The van der Waals surface area contributed by atoms with E-state index in [0.29, 0.717) is 35.8 Å². The van der Waals surface area contributed by atoms with Crippen LogP contribution in [-0.2, 0) is 25.7 Å². The second kappa shape index (κ2) is 17.5. The number of hydrogen-bond acceptors (Lipinski definition) is 8. The number of amides is 3. The van der Waals surface area contributed by atoms with Crippen molar-refractivity contribution in [3.63, 3.8) is 0 Å². The number of anilines is 1. The molecule has 11 nitrogen and oxygen atoms in total. The molecule has 3 N–H and O–H groups in total. The van der Waals surface area contributed by atoms with Gasteiger partial charge in [0.2, 0.25) is 17.8 Å². The van der Waals surface area contributed by atoms with Crippen molar-refractivity contribution >= 4 is 74.4 Å². The molecule has 0 aliphatic heterocycles. The number of rotatable bonds is 12. The van der Waals surface area contributed by atoms with E-state index >= 15 is 0 Å². The van der Waals surface area contributed by atoms with E-state index in [-0.39, 0.29) is 45.9 Å². The molecule has 43 heavy (non-hydrogen) atoms. The predicted molar refractivity (Wildman–Crippen MR) is 172 cm³/mol. The number of ether oxygens (including phenoxy) is 2. The van der Waals surface area contributed by atoms with Crippen LogP contribution in [-0.4, -0.2) is 53.7 Å². The predicted octanol–water partition coefficient (Wildman–Crippen LogP) is 6.22. The highest BCUT2D eigenvalue weighted by atomic mass is 79.9. The number of aliphatic imine (C=N–C) groups is 1. The summed E-state index contributed by atoms with van der Waals surface area (Å²) in [6, 6.07) is 10.1. The molecule has 0 aliphatic rings. The monoisotopic (exact) mass is 697 g/mol. The van der Waals surface area contributed by atoms with Gasteiger partial charge in [-0.1, -0.05) is 56.9 Å². The number of alkyl carbamates (subject to hydrolysis) is 1. The van der Waals surface area contributed by atoms with Crippen molar-refractivity contribution in [3.05, 3.63) is 70.2 Å². The van der Waals surface area contributed by atoms with Gasteiger partial charge in [0.05, 0.1) is 39.7 Å². The van der Waals surface area contributed by atoms with Gasteiger partial charge in [-0.3, -0.25) is 20.2 Å². The van der Waals surface area contributed by atoms with E-state index in [1.165, 1.54) is 0 Å². The number of nitrogens with zero attached hydrogens (tertiary/aromatic N) is 2. The maximum atomic E-state index is 13.1. The maximum Gasteiger partial charge on any atom is 0.414 e. The van der Waals surface area contributed by atoms with Crippen molar-refractivity contribution in [2.24, 2.45) is 10.1 Å². The molecule has 0 saturated carbocycles. The van der Waals surface area contributed by atoms with Crippen LogP contribution in [0.3, 0.4) is 0 Å². The minimum atomic E-state index is -0.825. The lowest BCUT2D eigenvalue weighted by Gasteiger charge is -2.20. The zero-order valence-electron chi connectivity index (χ0n) is 24.3. The number of guanidine groups is 1. The molecule has 3 amide bonds. The Hall–Kier alpha value is -3.61. The molecule has 0 heterocycles. The first-order chi connectivity index (χ1) is 20.3. The molecule has 0 atom stereocenters. The van der Waals surface area contributed by atoms with Gasteiger partial charge in [0.15, 0.2) is 0 Å². The van der Waals surface area contributed by atoms with Gasteiger partial charge in [0, 0.05) is 5.56 Å². The van der Waals surface area contributed by atoms with Gasteiger partial charge in [0.25, 0.3) is 0 Å². The fourth-order valence-electron chi connectivity index (χ4n) is 3.25. The fourth-order valence-corrected chi connectivity index (χ4v) is 4.01. The van der Waals surface area contributed by atoms with E-state index in [9.17, 15) is 14.4 Å². The first kappa shape index (κ1) is 35.6. The SMILES string of the molecule is C=CCOc1ccc(C(CC(=O)NC(=NCc2cc(Cl)c(NC(=O)CBr)c(Cl)c2)NC(=O)OC(C)(C)C)=NOCC)cc1. The van der Waals surface area contributed by atoms with Crippen LogP contribution in [0.4, 0.5) is 10.5 Å². The Kier molecular flexibility index (Phi) is 14.5. The highest BCUT2D eigenvalue weighted by molar-refractivity contribution is 9.09. The van der Waals surface area contributed by atoms with Gasteiger partial charge in [0.1, 0.15) is 24.6 Å². The molecule has 0 radical (unpaired) electrons. The maximum absolute atomic E-state index is 13.1. The Balaban J connectivity index is 2.28. The average Bonchev–Trinajstić information content (AvgIpc) is 2.93. The Morgan fingerprint density at radius 2 is 1.70 bits per heavy atom. The van der Waals surface area contributed by atoms with Crippen LogP contribution in [0.15, 0.2) is 59.2 Å². The number of halogens is 3. The molecular formula is C29H34BrCl2N5O6. The number of benzene rings is 2. The van der Waals surface area contributed by atoms with E-state index in [1.807, 2.05) is 0 Å². The van der Waals surface area contributed by atoms with Gasteiger partial charge in [-0.2, -0.15) is 0 Å². The number of oxime groups is 1. The zero-order chi connectivity index (χ0) is 32.0. The van der Waals surface area contributed by atoms with Crippen LogP contribution >= 0.6 is 39.1 Å². The van der Waals surface area contributed by atoms with Gasteiger partial charge >= 0.3 is 6.09 Å². The van der Waals surface area contributed by atoms with Crippen LogP contribution in [0.5, 0.6) is 5.75 Å². The Morgan fingerprint density at radius 3 is 2.26 bits per heavy atom. The van der Waals surface area contributed by atoms with Crippen LogP contribution in [0.1, 0.15) is 45.2 Å². The summed E-state index contributed by atoms with van der Waals surface area (Å²) in [6.07, 6.45) is 0.601. The van der Waals surface area contributed by atoms with Crippen LogP contribution in [0.25, 0.3) is 0 Å². The Morgan fingerprint density at radius 1 is 1.05 bits per heavy atom. The first-order valence-electron chi connectivity index (χ1n) is 13.1. The van der Waals surface area contributed by atoms with Gasteiger partial charge in [-0.05, 0) is 69.7 Å². The van der Waals surface area contributed by atoms with Crippen molar-refractivity contribution < 1.29 is 28.7 Å². The molecule has 0 aromatic heterocycles. The van der Waals surface area contributed by atoms with Gasteiger partial charge < -0.3 is 19.6 Å². The van der Waals surface area contributed by atoms with Gasteiger partial charge in [-0.25, -0.2) is 9.79 Å². The van der Waals surface area contributed by atoms with Crippen LogP contribution in [0.2, 0.25) is 10.0 Å². The van der Waals surface area contributed by atoms with Crippen molar-refractivity contribution in [1.82, 2.24) is 10.6 Å². The van der Waals surface area contributed by atoms with E-state index < -0.39 is 17.6 Å². The van der Waals surface area contributed by atoms with Gasteiger partial charge in [-0.15, -0.1) is 0 Å². The summed E-state index contributed by atoms with van der Waals surface area (Å²) >= 11 is 15.7. The van der Waals surface area contributed by atoms with E-state index in [2.05, 4.69) is 48.6 Å². The molecule has 0 spiro atoms. The third kappa shape index (κ3) is 13.1. The third-order valence-electron chi connectivity index (χ3n) is 4.97. The normalized spacial score (nSPS) is 11.8. The topological polar surface area (TPSA) is 140 Å². The van der Waals surface area contributed by atoms with Crippen molar-refractivity contribution in [3.8, 4) is 5.75 Å². The molecule has 14 heteroatoms. The lowest BCUT2D eigenvalue weighted by molar-refractivity contribution is -0.118. The molecular weight excluding hydrogens is 665 g/mol. The fraction of sp³-hybridized carbons (Fsp3) is 0.345. The van der Waals surface area contributed by atoms with Crippen LogP contribution in [0, 0.1) is 0 Å². The van der Waals surface area contributed by atoms with E-state index in [4.69, 9.17) is 37.5 Å². The minimum absolute atomic E-state index is 0.0381. The molecule has 2 rings (SSSR count). The second-order valence-corrected chi connectivity index (χ2v) is 11.1. The zero-order valence-corrected chi connectivity index (χ0v) is 27.4. The molecule has 232 valence electrons. The van der Waals surface area contributed by atoms with Crippen molar-refractivity contribution in [2.45, 2.75) is 46.3 Å². The summed E-state index contributed by atoms with van der Waals surface area (Å²) in [6.45, 7) is 11.1. The lowest BCUT2D eigenvalue weighted by atomic mass is 10.1. The molecule has 0 bridgehead atoms. The first-order valence-corrected chi connectivity index (χ1v) is 14.9. The number of hydrogen-bond donors (Lipinski definition) is 3. The quantitative estimate of drug-likeness (QED) is 0.0791. The molecule has 0 aliphatic carbocycles. The van der Waals surface area contributed by atoms with Crippen LogP contribution < -0.4 is 20.7 Å². The smallest absolute Gasteiger partial charge is 0.414 e. The Bertz CT molecular complexity index is 1340.